The van der Waals surface area contributed by atoms with E-state index in [1.54, 1.807) is 0 Å². The number of hydrogen-bond donors (Lipinski definition) is 0. The molecule has 1 aliphatic rings. The SMILES string of the molecule is CC(C)(C)[Si](C[C@H]1C[C@@H](CCc2ccccc2)O1)(c1ccccc1)c1ccccc1. The van der Waals surface area contributed by atoms with Crippen LogP contribution in [0.5, 0.6) is 0 Å². The van der Waals surface area contributed by atoms with Gasteiger partial charge in [-0.3, -0.25) is 0 Å². The van der Waals surface area contributed by atoms with Crippen molar-refractivity contribution in [2.45, 2.75) is 63.3 Å². The van der Waals surface area contributed by atoms with Gasteiger partial charge in [-0.1, -0.05) is 122 Å². The molecular weight excluding hydrogens is 380 g/mol. The van der Waals surface area contributed by atoms with Crippen molar-refractivity contribution in [2.24, 2.45) is 0 Å². The van der Waals surface area contributed by atoms with Crippen LogP contribution < -0.4 is 10.4 Å². The van der Waals surface area contributed by atoms with Gasteiger partial charge in [0.05, 0.1) is 12.2 Å². The van der Waals surface area contributed by atoms with Crippen molar-refractivity contribution >= 4 is 18.4 Å². The summed E-state index contributed by atoms with van der Waals surface area (Å²) in [6.45, 7) is 7.31. The summed E-state index contributed by atoms with van der Waals surface area (Å²) >= 11 is 0. The maximum atomic E-state index is 6.49. The minimum Gasteiger partial charge on any atom is -0.375 e. The Balaban J connectivity index is 1.53. The second kappa shape index (κ2) is 8.91. The highest BCUT2D eigenvalue weighted by Crippen LogP contribution is 2.42. The maximum absolute atomic E-state index is 6.49. The third-order valence-corrected chi connectivity index (χ3v) is 13.1. The zero-order valence-electron chi connectivity index (χ0n) is 18.6. The van der Waals surface area contributed by atoms with Crippen molar-refractivity contribution in [3.05, 3.63) is 96.6 Å². The molecule has 0 aliphatic carbocycles. The van der Waals surface area contributed by atoms with Gasteiger partial charge in [0.15, 0.2) is 0 Å². The quantitative estimate of drug-likeness (QED) is 0.441. The van der Waals surface area contributed by atoms with Crippen molar-refractivity contribution in [1.82, 2.24) is 0 Å². The fourth-order valence-electron chi connectivity index (χ4n) is 5.21. The van der Waals surface area contributed by atoms with Crippen LogP contribution in [-0.4, -0.2) is 20.3 Å². The Morgan fingerprint density at radius 1 is 0.733 bits per heavy atom. The van der Waals surface area contributed by atoms with Crippen LogP contribution in [0.4, 0.5) is 0 Å². The van der Waals surface area contributed by atoms with Gasteiger partial charge in [-0.25, -0.2) is 0 Å². The molecule has 1 nitrogen and oxygen atoms in total. The largest absolute Gasteiger partial charge is 0.375 e. The highest BCUT2D eigenvalue weighted by molar-refractivity contribution is 7.04. The first kappa shape index (κ1) is 21.1. The van der Waals surface area contributed by atoms with Crippen LogP contribution in [0, 0.1) is 0 Å². The molecule has 0 amide bonds. The van der Waals surface area contributed by atoms with E-state index in [1.165, 1.54) is 22.4 Å². The molecule has 0 unspecified atom stereocenters. The fourth-order valence-corrected chi connectivity index (χ4v) is 10.8. The molecular formula is C28H34OSi. The number of benzene rings is 3. The van der Waals surface area contributed by atoms with E-state index in [0.29, 0.717) is 12.2 Å². The monoisotopic (exact) mass is 414 g/mol. The lowest BCUT2D eigenvalue weighted by Gasteiger charge is -2.49. The highest BCUT2D eigenvalue weighted by atomic mass is 28.3. The van der Waals surface area contributed by atoms with E-state index in [2.05, 4.69) is 112 Å². The number of ether oxygens (including phenoxy) is 1. The Morgan fingerprint density at radius 3 is 1.67 bits per heavy atom. The summed E-state index contributed by atoms with van der Waals surface area (Å²) in [7, 11) is -2.02. The zero-order chi connectivity index (χ0) is 21.0. The molecule has 1 aliphatic heterocycles. The summed E-state index contributed by atoms with van der Waals surface area (Å²) < 4.78 is 6.49. The lowest BCUT2D eigenvalue weighted by Crippen LogP contribution is -2.66. The van der Waals surface area contributed by atoms with Gasteiger partial charge in [0, 0.05) is 0 Å². The summed E-state index contributed by atoms with van der Waals surface area (Å²) in [6.07, 6.45) is 4.21. The van der Waals surface area contributed by atoms with Gasteiger partial charge < -0.3 is 4.74 Å². The molecule has 1 saturated heterocycles. The third kappa shape index (κ3) is 4.31. The van der Waals surface area contributed by atoms with Crippen molar-refractivity contribution in [1.29, 1.82) is 0 Å². The molecule has 1 fully saturated rings. The van der Waals surface area contributed by atoms with Crippen molar-refractivity contribution in [3.8, 4) is 0 Å². The highest BCUT2D eigenvalue weighted by Gasteiger charge is 2.50. The van der Waals surface area contributed by atoms with E-state index in [-0.39, 0.29) is 5.04 Å². The van der Waals surface area contributed by atoms with Crippen molar-refractivity contribution in [3.63, 3.8) is 0 Å². The molecule has 0 saturated carbocycles. The molecule has 3 aromatic rings. The lowest BCUT2D eigenvalue weighted by molar-refractivity contribution is -0.116. The lowest BCUT2D eigenvalue weighted by atomic mass is 9.99. The van der Waals surface area contributed by atoms with Crippen LogP contribution in [-0.2, 0) is 11.2 Å². The zero-order valence-corrected chi connectivity index (χ0v) is 19.6. The molecule has 2 atom stereocenters. The minimum absolute atomic E-state index is 0.203. The molecule has 0 bridgehead atoms. The van der Waals surface area contributed by atoms with Crippen molar-refractivity contribution < 1.29 is 4.74 Å². The van der Waals surface area contributed by atoms with Crippen LogP contribution in [0.3, 0.4) is 0 Å². The van der Waals surface area contributed by atoms with Gasteiger partial charge in [-0.05, 0) is 35.9 Å². The average molecular weight is 415 g/mol. The molecule has 0 aromatic heterocycles. The summed E-state index contributed by atoms with van der Waals surface area (Å²) in [5.41, 5.74) is 1.41. The predicted molar refractivity (Wildman–Crippen MR) is 130 cm³/mol. The van der Waals surface area contributed by atoms with Crippen LogP contribution in [0.1, 0.15) is 39.2 Å². The first-order valence-corrected chi connectivity index (χ1v) is 13.5. The second-order valence-electron chi connectivity index (χ2n) is 9.73. The van der Waals surface area contributed by atoms with Crippen LogP contribution in [0.25, 0.3) is 0 Å². The topological polar surface area (TPSA) is 9.23 Å². The smallest absolute Gasteiger partial charge is 0.125 e. The first-order valence-electron chi connectivity index (χ1n) is 11.3. The van der Waals surface area contributed by atoms with Gasteiger partial charge in [-0.15, -0.1) is 0 Å². The molecule has 0 radical (unpaired) electrons. The molecule has 3 aromatic carbocycles. The number of hydrogen-bond acceptors (Lipinski definition) is 1. The molecule has 2 heteroatoms. The van der Waals surface area contributed by atoms with E-state index < -0.39 is 8.07 Å². The summed E-state index contributed by atoms with van der Waals surface area (Å²) in [6, 6.07) is 34.5. The minimum atomic E-state index is -2.02. The van der Waals surface area contributed by atoms with E-state index in [0.717, 1.165) is 18.9 Å². The van der Waals surface area contributed by atoms with Gasteiger partial charge in [0.25, 0.3) is 0 Å². The van der Waals surface area contributed by atoms with E-state index in [4.69, 9.17) is 4.74 Å². The Hall–Kier alpha value is -2.16. The summed E-state index contributed by atoms with van der Waals surface area (Å²) in [5.74, 6) is 0. The molecule has 0 N–H and O–H groups in total. The normalized spacial score (nSPS) is 19.3. The average Bonchev–Trinajstić information content (AvgIpc) is 2.73. The Kier molecular flexibility index (Phi) is 6.26. The van der Waals surface area contributed by atoms with Gasteiger partial charge in [0.2, 0.25) is 0 Å². The Bertz CT molecular complexity index is 870. The van der Waals surface area contributed by atoms with Crippen LogP contribution >= 0.6 is 0 Å². The molecule has 30 heavy (non-hydrogen) atoms. The molecule has 0 spiro atoms. The molecule has 4 rings (SSSR count). The summed E-state index contributed by atoms with van der Waals surface area (Å²) in [5, 5.41) is 3.26. The predicted octanol–water partition coefficient (Wildman–Crippen LogP) is 5.84. The standard InChI is InChI=1S/C28H34OSi/c1-28(2,3)30(26-15-9-5-10-16-26,27-17-11-6-12-18-27)22-25-21-24(29-25)20-19-23-13-7-4-8-14-23/h4-18,24-25H,19-22H2,1-3H3/t24-,25-/m1/s1. The summed E-state index contributed by atoms with van der Waals surface area (Å²) in [4.78, 5) is 0. The number of rotatable bonds is 7. The van der Waals surface area contributed by atoms with Gasteiger partial charge in [0.1, 0.15) is 8.07 Å². The number of aryl methyl sites for hydroxylation is 1. The Morgan fingerprint density at radius 2 is 1.20 bits per heavy atom. The van der Waals surface area contributed by atoms with Crippen LogP contribution in [0.2, 0.25) is 11.1 Å². The third-order valence-electron chi connectivity index (χ3n) is 6.86. The van der Waals surface area contributed by atoms with E-state index >= 15 is 0 Å². The van der Waals surface area contributed by atoms with Crippen molar-refractivity contribution in [2.75, 3.05) is 0 Å². The first-order chi connectivity index (χ1) is 14.5. The molecule has 156 valence electrons. The van der Waals surface area contributed by atoms with Gasteiger partial charge in [-0.2, -0.15) is 0 Å². The van der Waals surface area contributed by atoms with E-state index in [1.807, 2.05) is 0 Å². The Labute approximate surface area is 183 Å². The second-order valence-corrected chi connectivity index (χ2v) is 14.6. The fraction of sp³-hybridized carbons (Fsp3) is 0.357. The van der Waals surface area contributed by atoms with E-state index in [9.17, 15) is 0 Å². The van der Waals surface area contributed by atoms with Gasteiger partial charge >= 0.3 is 0 Å². The van der Waals surface area contributed by atoms with Crippen LogP contribution in [0.15, 0.2) is 91.0 Å². The maximum Gasteiger partial charge on any atom is 0.125 e. The molecule has 1 heterocycles.